The molecule has 6 nitrogen and oxygen atoms in total. The van der Waals surface area contributed by atoms with Gasteiger partial charge in [-0.25, -0.2) is 4.68 Å². The van der Waals surface area contributed by atoms with E-state index in [-0.39, 0.29) is 17.9 Å². The quantitative estimate of drug-likeness (QED) is 0.703. The highest BCUT2D eigenvalue weighted by molar-refractivity contribution is 5.94. The third kappa shape index (κ3) is 4.85. The van der Waals surface area contributed by atoms with Crippen LogP contribution in [0.15, 0.2) is 30.3 Å². The van der Waals surface area contributed by atoms with E-state index in [4.69, 9.17) is 5.10 Å². The summed E-state index contributed by atoms with van der Waals surface area (Å²) in [4.78, 5) is 28.2. The van der Waals surface area contributed by atoms with E-state index in [0.29, 0.717) is 11.6 Å². The first-order valence-corrected chi connectivity index (χ1v) is 13.0. The standard InChI is InChI=1S/C27H36N4O2/c32-26(28-21-16-18-30(19-17-21)27(33)20-10-4-1-5-11-20)25-23-14-8-3-9-15-24(23)31(29-25)22-12-6-2-7-13-22/h2,6-7,12-13,20-21H,1,3-5,8-11,14-19H2,(H,28,32). The number of fused-ring (bicyclic) bond motifs is 1. The number of rotatable bonds is 4. The summed E-state index contributed by atoms with van der Waals surface area (Å²) in [5.41, 5.74) is 3.93. The fraction of sp³-hybridized carbons (Fsp3) is 0.593. The van der Waals surface area contributed by atoms with Crippen molar-refractivity contribution in [2.45, 2.75) is 83.1 Å². The molecular formula is C27H36N4O2. The average Bonchev–Trinajstić information content (AvgIpc) is 3.06. The van der Waals surface area contributed by atoms with Crippen molar-refractivity contribution in [3.63, 3.8) is 0 Å². The van der Waals surface area contributed by atoms with E-state index in [1.165, 1.54) is 31.4 Å². The molecule has 1 aromatic carbocycles. The lowest BCUT2D eigenvalue weighted by molar-refractivity contribution is -0.137. The Bertz CT molecular complexity index is 970. The molecule has 1 N–H and O–H groups in total. The van der Waals surface area contributed by atoms with E-state index in [1.807, 2.05) is 27.8 Å². The molecule has 2 aliphatic carbocycles. The Morgan fingerprint density at radius 2 is 1.55 bits per heavy atom. The second-order valence-corrected chi connectivity index (χ2v) is 9.99. The van der Waals surface area contributed by atoms with Crippen LogP contribution in [0, 0.1) is 5.92 Å². The highest BCUT2D eigenvalue weighted by Gasteiger charge is 2.31. The summed E-state index contributed by atoms with van der Waals surface area (Å²) in [6.45, 7) is 1.49. The Morgan fingerprint density at radius 3 is 2.30 bits per heavy atom. The smallest absolute Gasteiger partial charge is 0.272 e. The van der Waals surface area contributed by atoms with Gasteiger partial charge in [-0.1, -0.05) is 43.9 Å². The van der Waals surface area contributed by atoms with Gasteiger partial charge in [0.15, 0.2) is 5.69 Å². The molecule has 33 heavy (non-hydrogen) atoms. The van der Waals surface area contributed by atoms with E-state index in [0.717, 1.165) is 75.7 Å². The maximum Gasteiger partial charge on any atom is 0.272 e. The Balaban J connectivity index is 1.26. The first-order valence-electron chi connectivity index (χ1n) is 13.0. The zero-order valence-corrected chi connectivity index (χ0v) is 19.6. The lowest BCUT2D eigenvalue weighted by Gasteiger charge is -2.35. The molecule has 1 saturated heterocycles. The maximum absolute atomic E-state index is 13.3. The van der Waals surface area contributed by atoms with Gasteiger partial charge in [-0.2, -0.15) is 5.10 Å². The van der Waals surface area contributed by atoms with Crippen LogP contribution in [0.5, 0.6) is 0 Å². The van der Waals surface area contributed by atoms with Crippen LogP contribution in [0.25, 0.3) is 5.69 Å². The molecule has 1 aromatic heterocycles. The highest BCUT2D eigenvalue weighted by Crippen LogP contribution is 2.28. The Morgan fingerprint density at radius 1 is 0.848 bits per heavy atom. The zero-order chi connectivity index (χ0) is 22.6. The summed E-state index contributed by atoms with van der Waals surface area (Å²) in [5, 5.41) is 8.07. The summed E-state index contributed by atoms with van der Waals surface area (Å²) >= 11 is 0. The number of piperidine rings is 1. The molecule has 3 aliphatic rings. The lowest BCUT2D eigenvalue weighted by atomic mass is 9.87. The molecule has 2 aromatic rings. The van der Waals surface area contributed by atoms with Crippen molar-refractivity contribution < 1.29 is 9.59 Å². The van der Waals surface area contributed by atoms with Crippen LogP contribution < -0.4 is 5.32 Å². The SMILES string of the molecule is O=C(NC1CCN(C(=O)C2CCCCC2)CC1)c1nn(-c2ccccc2)c2c1CCCCC2. The molecule has 0 atom stereocenters. The number of likely N-dealkylation sites (tertiary alicyclic amines) is 1. The van der Waals surface area contributed by atoms with Crippen molar-refractivity contribution in [2.24, 2.45) is 5.92 Å². The Kier molecular flexibility index (Phi) is 6.79. The molecule has 0 radical (unpaired) electrons. The first-order chi connectivity index (χ1) is 16.2. The number of nitrogens with zero attached hydrogens (tertiary/aromatic N) is 3. The average molecular weight is 449 g/mol. The molecule has 1 aliphatic heterocycles. The summed E-state index contributed by atoms with van der Waals surface area (Å²) in [5.74, 6) is 0.508. The van der Waals surface area contributed by atoms with Crippen molar-refractivity contribution in [2.75, 3.05) is 13.1 Å². The lowest BCUT2D eigenvalue weighted by Crippen LogP contribution is -2.48. The minimum Gasteiger partial charge on any atom is -0.348 e. The van der Waals surface area contributed by atoms with Gasteiger partial charge >= 0.3 is 0 Å². The number of nitrogens with one attached hydrogen (secondary N) is 1. The monoisotopic (exact) mass is 448 g/mol. The van der Waals surface area contributed by atoms with Crippen molar-refractivity contribution in [3.8, 4) is 5.69 Å². The molecule has 0 bridgehead atoms. The molecule has 2 heterocycles. The van der Waals surface area contributed by atoms with Gasteiger partial charge in [-0.3, -0.25) is 9.59 Å². The molecule has 6 heteroatoms. The minimum absolute atomic E-state index is 0.0557. The van der Waals surface area contributed by atoms with Crippen LogP contribution in [0.2, 0.25) is 0 Å². The van der Waals surface area contributed by atoms with E-state index in [2.05, 4.69) is 17.4 Å². The van der Waals surface area contributed by atoms with E-state index >= 15 is 0 Å². The molecule has 2 amide bonds. The molecule has 0 unspecified atom stereocenters. The van der Waals surface area contributed by atoms with Crippen LogP contribution in [0.1, 0.15) is 86.0 Å². The third-order valence-electron chi connectivity index (χ3n) is 7.74. The first kappa shape index (κ1) is 22.2. The number of aromatic nitrogens is 2. The number of hydrogen-bond acceptors (Lipinski definition) is 3. The fourth-order valence-corrected chi connectivity index (χ4v) is 5.85. The van der Waals surface area contributed by atoms with Gasteiger partial charge in [0, 0.05) is 36.3 Å². The molecule has 1 saturated carbocycles. The minimum atomic E-state index is -0.0557. The van der Waals surface area contributed by atoms with Gasteiger partial charge in [0.1, 0.15) is 0 Å². The summed E-state index contributed by atoms with van der Waals surface area (Å²) in [7, 11) is 0. The topological polar surface area (TPSA) is 67.2 Å². The van der Waals surface area contributed by atoms with Crippen LogP contribution in [-0.2, 0) is 17.6 Å². The number of hydrogen-bond donors (Lipinski definition) is 1. The van der Waals surface area contributed by atoms with E-state index in [9.17, 15) is 9.59 Å². The summed E-state index contributed by atoms with van der Waals surface area (Å²) in [6.07, 6.45) is 12.7. The van der Waals surface area contributed by atoms with E-state index in [1.54, 1.807) is 0 Å². The Hall–Kier alpha value is -2.63. The van der Waals surface area contributed by atoms with Crippen LogP contribution in [0.4, 0.5) is 0 Å². The summed E-state index contributed by atoms with van der Waals surface area (Å²) in [6, 6.07) is 10.3. The van der Waals surface area contributed by atoms with E-state index < -0.39 is 0 Å². The second kappa shape index (κ2) is 10.1. The zero-order valence-electron chi connectivity index (χ0n) is 19.6. The predicted octanol–water partition coefficient (Wildman–Crippen LogP) is 4.44. The number of carbonyl (C=O) groups is 2. The predicted molar refractivity (Wildman–Crippen MR) is 128 cm³/mol. The number of benzene rings is 1. The molecule has 176 valence electrons. The second-order valence-electron chi connectivity index (χ2n) is 9.99. The fourth-order valence-electron chi connectivity index (χ4n) is 5.85. The highest BCUT2D eigenvalue weighted by atomic mass is 16.2. The van der Waals surface area contributed by atoms with Gasteiger partial charge in [-0.15, -0.1) is 0 Å². The molecule has 0 spiro atoms. The van der Waals surface area contributed by atoms with Gasteiger partial charge in [0.25, 0.3) is 5.91 Å². The summed E-state index contributed by atoms with van der Waals surface area (Å²) < 4.78 is 1.99. The van der Waals surface area contributed by atoms with Gasteiger partial charge in [0.2, 0.25) is 5.91 Å². The van der Waals surface area contributed by atoms with Crippen molar-refractivity contribution >= 4 is 11.8 Å². The van der Waals surface area contributed by atoms with Crippen LogP contribution in [-0.4, -0.2) is 45.6 Å². The molecule has 5 rings (SSSR count). The maximum atomic E-state index is 13.3. The Labute approximate surface area is 196 Å². The van der Waals surface area contributed by atoms with Crippen molar-refractivity contribution in [1.82, 2.24) is 20.0 Å². The van der Waals surface area contributed by atoms with Gasteiger partial charge in [-0.05, 0) is 63.5 Å². The number of carbonyl (C=O) groups excluding carboxylic acids is 2. The molecule has 2 fully saturated rings. The number of amides is 2. The third-order valence-corrected chi connectivity index (χ3v) is 7.74. The van der Waals surface area contributed by atoms with Gasteiger partial charge < -0.3 is 10.2 Å². The van der Waals surface area contributed by atoms with Crippen LogP contribution in [0.3, 0.4) is 0 Å². The van der Waals surface area contributed by atoms with Crippen LogP contribution >= 0.6 is 0 Å². The largest absolute Gasteiger partial charge is 0.348 e. The molecular weight excluding hydrogens is 412 g/mol. The number of para-hydroxylation sites is 1. The van der Waals surface area contributed by atoms with Crippen molar-refractivity contribution in [3.05, 3.63) is 47.3 Å². The van der Waals surface area contributed by atoms with Gasteiger partial charge in [0.05, 0.1) is 5.69 Å². The van der Waals surface area contributed by atoms with Crippen molar-refractivity contribution in [1.29, 1.82) is 0 Å². The normalized spacial score (nSPS) is 20.2.